The molecule has 3 aliphatic heterocycles. The fourth-order valence-corrected chi connectivity index (χ4v) is 13.4. The Labute approximate surface area is 337 Å². The Kier molecular flexibility index (Phi) is 10.6. The Morgan fingerprint density at radius 3 is 2.19 bits per heavy atom. The van der Waals surface area contributed by atoms with Gasteiger partial charge in [0.15, 0.2) is 18.2 Å². The van der Waals surface area contributed by atoms with E-state index in [1.54, 1.807) is 60.7 Å². The minimum Gasteiger partial charge on any atom is -0.459 e. The number of carbonyl (C=O) groups is 2. The molecule has 10 heteroatoms. The molecule has 10 nitrogen and oxygen atoms in total. The predicted molar refractivity (Wildman–Crippen MR) is 210 cm³/mol. The number of hydrogen-bond acceptors (Lipinski definition) is 10. The molecule has 7 aliphatic rings. The van der Waals surface area contributed by atoms with E-state index < -0.39 is 48.4 Å². The number of esters is 2. The summed E-state index contributed by atoms with van der Waals surface area (Å²) in [5.74, 6) is 2.40. The van der Waals surface area contributed by atoms with Gasteiger partial charge >= 0.3 is 11.9 Å². The molecule has 4 aliphatic carbocycles. The van der Waals surface area contributed by atoms with Crippen molar-refractivity contribution in [3.63, 3.8) is 0 Å². The molecule has 3 saturated heterocycles. The number of benzene rings is 2. The summed E-state index contributed by atoms with van der Waals surface area (Å²) >= 11 is 0. The molecule has 3 heterocycles. The molecule has 9 rings (SSSR count). The summed E-state index contributed by atoms with van der Waals surface area (Å²) in [4.78, 5) is 26.0. The van der Waals surface area contributed by atoms with Gasteiger partial charge < -0.3 is 38.6 Å². The topological polar surface area (TPSA) is 130 Å². The Hall–Kier alpha value is -2.86. The monoisotopic (exact) mass is 786 g/mol. The Morgan fingerprint density at radius 1 is 0.789 bits per heavy atom. The molecule has 2 aromatic rings. The van der Waals surface area contributed by atoms with Crippen LogP contribution in [0.2, 0.25) is 0 Å². The van der Waals surface area contributed by atoms with E-state index >= 15 is 0 Å². The average Bonchev–Trinajstić information content (AvgIpc) is 3.67. The van der Waals surface area contributed by atoms with Crippen molar-refractivity contribution < 1.29 is 48.2 Å². The Bertz CT molecular complexity index is 1750. The highest BCUT2D eigenvalue weighted by Crippen LogP contribution is 2.71. The zero-order valence-corrected chi connectivity index (χ0v) is 34.0. The summed E-state index contributed by atoms with van der Waals surface area (Å²) in [5.41, 5.74) is 1.12. The fourth-order valence-electron chi connectivity index (χ4n) is 13.4. The molecule has 2 aromatic carbocycles. The molecule has 0 aromatic heterocycles. The lowest BCUT2D eigenvalue weighted by atomic mass is 9.44. The van der Waals surface area contributed by atoms with Crippen LogP contribution in [-0.2, 0) is 28.4 Å². The first-order chi connectivity index (χ1) is 27.4. The van der Waals surface area contributed by atoms with Crippen LogP contribution in [0.1, 0.15) is 113 Å². The molecular weight excluding hydrogens is 725 g/mol. The van der Waals surface area contributed by atoms with Crippen LogP contribution >= 0.6 is 0 Å². The van der Waals surface area contributed by atoms with Gasteiger partial charge in [-0.3, -0.25) is 0 Å². The van der Waals surface area contributed by atoms with Gasteiger partial charge in [-0.15, -0.1) is 0 Å². The molecule has 2 N–H and O–H groups in total. The van der Waals surface area contributed by atoms with E-state index in [0.717, 1.165) is 45.1 Å². The first-order valence-electron chi connectivity index (χ1n) is 21.9. The zero-order valence-electron chi connectivity index (χ0n) is 34.0. The minimum absolute atomic E-state index is 0.184. The number of aliphatic hydroxyl groups excluding tert-OH is 2. The van der Waals surface area contributed by atoms with Crippen LogP contribution in [0.3, 0.4) is 0 Å². The standard InChI is InChI=1S/C47H62O10/c1-27-17-22-47(53-25-27)28(2)38-36(57-47)24-35-33-16-15-31-23-32(18-20-45(31,3)34(33)19-21-46(35,38)4)54-44-40(49)41(56-43(51)30-13-9-6-10-14-30)39(48)37(55-44)26-52-42(50)29-11-7-5-8-12-29/h5-14,27-28,31-41,44,48-49H,15-26H2,1-4H3/t27-,28-,31+,32-,33+,34-,35-,36-,37-,38-,39-,40-,41-,44+,45-,46-,47+/m0/s1. The summed E-state index contributed by atoms with van der Waals surface area (Å²) in [6.07, 6.45) is 4.42. The lowest BCUT2D eigenvalue weighted by molar-refractivity contribution is -0.315. The van der Waals surface area contributed by atoms with Gasteiger partial charge in [0.05, 0.1) is 29.9 Å². The summed E-state index contributed by atoms with van der Waals surface area (Å²) in [7, 11) is 0. The molecule has 0 unspecified atom stereocenters. The molecular formula is C47H62O10. The van der Waals surface area contributed by atoms with Gasteiger partial charge in [0, 0.05) is 12.3 Å². The highest BCUT2D eigenvalue weighted by molar-refractivity contribution is 5.90. The van der Waals surface area contributed by atoms with Crippen molar-refractivity contribution in [3.8, 4) is 0 Å². The van der Waals surface area contributed by atoms with Gasteiger partial charge in [-0.25, -0.2) is 9.59 Å². The Morgan fingerprint density at radius 2 is 1.49 bits per heavy atom. The van der Waals surface area contributed by atoms with Crippen LogP contribution in [0, 0.1) is 52.3 Å². The molecule has 0 amide bonds. The number of carbonyl (C=O) groups excluding carboxylic acids is 2. The summed E-state index contributed by atoms with van der Waals surface area (Å²) in [6, 6.07) is 17.0. The number of ether oxygens (including phenoxy) is 6. The van der Waals surface area contributed by atoms with Gasteiger partial charge in [-0.1, -0.05) is 64.1 Å². The molecule has 1 spiro atoms. The van der Waals surface area contributed by atoms with Gasteiger partial charge in [-0.2, -0.15) is 0 Å². The van der Waals surface area contributed by atoms with Crippen LogP contribution in [0.15, 0.2) is 60.7 Å². The maximum absolute atomic E-state index is 13.2. The number of rotatable bonds is 7. The van der Waals surface area contributed by atoms with Crippen molar-refractivity contribution in [1.29, 1.82) is 0 Å². The van der Waals surface area contributed by atoms with Crippen molar-refractivity contribution in [2.75, 3.05) is 13.2 Å². The van der Waals surface area contributed by atoms with E-state index in [-0.39, 0.29) is 29.1 Å². The van der Waals surface area contributed by atoms with Crippen molar-refractivity contribution in [1.82, 2.24) is 0 Å². The molecule has 310 valence electrons. The molecule has 7 fully saturated rings. The summed E-state index contributed by atoms with van der Waals surface area (Å²) in [5, 5.41) is 23.0. The Balaban J connectivity index is 0.870. The summed E-state index contributed by atoms with van der Waals surface area (Å²) < 4.78 is 37.7. The van der Waals surface area contributed by atoms with Gasteiger partial charge in [-0.05, 0) is 128 Å². The van der Waals surface area contributed by atoms with Crippen LogP contribution in [0.25, 0.3) is 0 Å². The van der Waals surface area contributed by atoms with E-state index in [9.17, 15) is 19.8 Å². The SMILES string of the molecule is C[C@H]1CC[C@@]2(OC1)O[C@H]1C[C@H]3[C@@H]4CC[C@@H]5C[C@@H](O[C@@H]6O[C@@H](COC(=O)c7ccccc7)[C@H](O)[C@H](OC(=O)c7ccccc7)[C@@H]6O)CC[C@]5(C)[C@H]4CC[C@]3(C)[C@H]1[C@@H]2C. The van der Waals surface area contributed by atoms with Crippen LogP contribution in [-0.4, -0.2) is 84.1 Å². The molecule has 57 heavy (non-hydrogen) atoms. The number of aliphatic hydroxyl groups is 2. The molecule has 0 radical (unpaired) electrons. The predicted octanol–water partition coefficient (Wildman–Crippen LogP) is 7.35. The first kappa shape index (κ1) is 39.6. The number of hydrogen-bond donors (Lipinski definition) is 2. The van der Waals surface area contributed by atoms with Gasteiger partial charge in [0.1, 0.15) is 24.9 Å². The molecule has 17 atom stereocenters. The van der Waals surface area contributed by atoms with Gasteiger partial charge in [0.25, 0.3) is 0 Å². The largest absolute Gasteiger partial charge is 0.459 e. The minimum atomic E-state index is -1.47. The third-order valence-electron chi connectivity index (χ3n) is 16.5. The first-order valence-corrected chi connectivity index (χ1v) is 21.9. The van der Waals surface area contributed by atoms with E-state index in [1.807, 2.05) is 0 Å². The molecule has 4 saturated carbocycles. The average molecular weight is 787 g/mol. The van der Waals surface area contributed by atoms with E-state index in [2.05, 4.69) is 27.7 Å². The highest BCUT2D eigenvalue weighted by Gasteiger charge is 2.69. The smallest absolute Gasteiger partial charge is 0.338 e. The van der Waals surface area contributed by atoms with Crippen molar-refractivity contribution >= 4 is 11.9 Å². The highest BCUT2D eigenvalue weighted by atomic mass is 16.7. The second kappa shape index (κ2) is 15.3. The lowest BCUT2D eigenvalue weighted by Crippen LogP contribution is -2.61. The fraction of sp³-hybridized carbons (Fsp3) is 0.702. The quantitative estimate of drug-likeness (QED) is 0.217. The van der Waals surface area contributed by atoms with Crippen molar-refractivity contribution in [2.24, 2.45) is 52.3 Å². The van der Waals surface area contributed by atoms with Crippen LogP contribution < -0.4 is 0 Å². The van der Waals surface area contributed by atoms with Crippen LogP contribution in [0.5, 0.6) is 0 Å². The maximum Gasteiger partial charge on any atom is 0.338 e. The third kappa shape index (κ3) is 6.88. The number of fused-ring (bicyclic) bond motifs is 7. The van der Waals surface area contributed by atoms with E-state index in [4.69, 9.17) is 28.4 Å². The maximum atomic E-state index is 13.2. The second-order valence-electron chi connectivity index (χ2n) is 19.4. The van der Waals surface area contributed by atoms with Crippen molar-refractivity contribution in [3.05, 3.63) is 71.8 Å². The van der Waals surface area contributed by atoms with Gasteiger partial charge in [0.2, 0.25) is 0 Å². The third-order valence-corrected chi connectivity index (χ3v) is 16.5. The normalized spacial score (nSPS) is 46.3. The lowest BCUT2D eigenvalue weighted by Gasteiger charge is -2.61. The summed E-state index contributed by atoms with van der Waals surface area (Å²) in [6.45, 7) is 10.3. The molecule has 0 bridgehead atoms. The van der Waals surface area contributed by atoms with E-state index in [0.29, 0.717) is 53.1 Å². The second-order valence-corrected chi connectivity index (χ2v) is 19.4. The van der Waals surface area contributed by atoms with Crippen molar-refractivity contribution in [2.45, 2.75) is 141 Å². The van der Waals surface area contributed by atoms with Crippen LogP contribution in [0.4, 0.5) is 0 Å². The van der Waals surface area contributed by atoms with E-state index in [1.165, 1.54) is 25.7 Å². The zero-order chi connectivity index (χ0) is 39.7.